The smallest absolute Gasteiger partial charge is 0.309 e. The third-order valence-electron chi connectivity index (χ3n) is 1.65. The molecule has 0 heterocycles. The van der Waals surface area contributed by atoms with Gasteiger partial charge in [0, 0.05) is 6.61 Å². The van der Waals surface area contributed by atoms with Crippen molar-refractivity contribution in [2.45, 2.75) is 25.9 Å². The Morgan fingerprint density at radius 2 is 2.09 bits per heavy atom. The molecule has 0 aromatic rings. The van der Waals surface area contributed by atoms with E-state index >= 15 is 0 Å². The molecule has 2 atom stereocenters. The van der Waals surface area contributed by atoms with Gasteiger partial charge in [-0.3, -0.25) is 4.79 Å². The summed E-state index contributed by atoms with van der Waals surface area (Å²) in [5.41, 5.74) is 0. The van der Waals surface area contributed by atoms with Crippen LogP contribution in [0.15, 0.2) is 0 Å². The van der Waals surface area contributed by atoms with Crippen LogP contribution in [0.3, 0.4) is 0 Å². The molecule has 0 aromatic carbocycles. The molecule has 0 aromatic heterocycles. The van der Waals surface area contributed by atoms with E-state index in [9.17, 15) is 4.79 Å². The molecule has 0 fully saturated rings. The van der Waals surface area contributed by atoms with Crippen molar-refractivity contribution >= 4 is 5.97 Å². The fourth-order valence-corrected chi connectivity index (χ4v) is 0.945. The number of carboxylic acids is 1. The van der Waals surface area contributed by atoms with E-state index in [4.69, 9.17) is 15.3 Å². The monoisotopic (exact) mass is 162 g/mol. The Bertz CT molecular complexity index is 124. The van der Waals surface area contributed by atoms with E-state index in [0.717, 1.165) is 0 Å². The summed E-state index contributed by atoms with van der Waals surface area (Å²) in [7, 11) is 0. The normalized spacial score (nSPS) is 15.9. The van der Waals surface area contributed by atoms with E-state index in [1.165, 1.54) is 0 Å². The molecule has 4 nitrogen and oxygen atoms in total. The number of aliphatic hydroxyl groups is 2. The molecular formula is C7H14O4. The minimum absolute atomic E-state index is 0.130. The van der Waals surface area contributed by atoms with E-state index in [1.54, 1.807) is 6.92 Å². The number of aliphatic hydroxyl groups excluding tert-OH is 2. The van der Waals surface area contributed by atoms with E-state index in [2.05, 4.69) is 0 Å². The summed E-state index contributed by atoms with van der Waals surface area (Å²) < 4.78 is 0. The first-order chi connectivity index (χ1) is 5.13. The van der Waals surface area contributed by atoms with Gasteiger partial charge in [0.1, 0.15) is 0 Å². The van der Waals surface area contributed by atoms with Crippen LogP contribution in [0, 0.1) is 5.92 Å². The van der Waals surface area contributed by atoms with Gasteiger partial charge < -0.3 is 15.3 Å². The van der Waals surface area contributed by atoms with Crippen LogP contribution in [0.25, 0.3) is 0 Å². The van der Waals surface area contributed by atoms with E-state index < -0.39 is 18.0 Å². The van der Waals surface area contributed by atoms with Crippen molar-refractivity contribution in [2.24, 2.45) is 5.92 Å². The molecule has 2 unspecified atom stereocenters. The Kier molecular flexibility index (Phi) is 4.81. The zero-order chi connectivity index (χ0) is 8.85. The molecule has 0 amide bonds. The van der Waals surface area contributed by atoms with Crippen molar-refractivity contribution < 1.29 is 20.1 Å². The molecule has 0 rings (SSSR count). The van der Waals surface area contributed by atoms with Crippen LogP contribution in [0.5, 0.6) is 0 Å². The SMILES string of the molecule is CCC(C(=O)O)C(O)CCO. The quantitative estimate of drug-likeness (QED) is 0.525. The fraction of sp³-hybridized carbons (Fsp3) is 0.857. The second-order valence-electron chi connectivity index (χ2n) is 2.43. The molecule has 3 N–H and O–H groups in total. The van der Waals surface area contributed by atoms with E-state index in [0.29, 0.717) is 6.42 Å². The molecule has 0 radical (unpaired) electrons. The number of hydrogen-bond donors (Lipinski definition) is 3. The highest BCUT2D eigenvalue weighted by Crippen LogP contribution is 2.11. The lowest BCUT2D eigenvalue weighted by molar-refractivity contribution is -0.146. The van der Waals surface area contributed by atoms with Crippen molar-refractivity contribution in [1.29, 1.82) is 0 Å². The zero-order valence-electron chi connectivity index (χ0n) is 6.53. The van der Waals surface area contributed by atoms with Crippen LogP contribution in [0.1, 0.15) is 19.8 Å². The minimum Gasteiger partial charge on any atom is -0.481 e. The summed E-state index contributed by atoms with van der Waals surface area (Å²) in [6.07, 6.45) is -0.413. The molecule has 4 heteroatoms. The third kappa shape index (κ3) is 3.34. The fourth-order valence-electron chi connectivity index (χ4n) is 0.945. The van der Waals surface area contributed by atoms with Crippen LogP contribution >= 0.6 is 0 Å². The lowest BCUT2D eigenvalue weighted by atomic mass is 9.98. The molecule has 0 spiro atoms. The second-order valence-corrected chi connectivity index (χ2v) is 2.43. The number of carbonyl (C=O) groups is 1. The van der Waals surface area contributed by atoms with Crippen molar-refractivity contribution in [3.63, 3.8) is 0 Å². The first-order valence-electron chi connectivity index (χ1n) is 3.65. The summed E-state index contributed by atoms with van der Waals surface area (Å²) in [5.74, 6) is -1.75. The molecule has 0 saturated carbocycles. The summed E-state index contributed by atoms with van der Waals surface area (Å²) in [5, 5.41) is 26.1. The Morgan fingerprint density at radius 3 is 2.36 bits per heavy atom. The Labute approximate surface area is 65.5 Å². The highest BCUT2D eigenvalue weighted by molar-refractivity contribution is 5.70. The van der Waals surface area contributed by atoms with E-state index in [-0.39, 0.29) is 13.0 Å². The molecule has 0 bridgehead atoms. The van der Waals surface area contributed by atoms with Crippen LogP contribution in [0.4, 0.5) is 0 Å². The van der Waals surface area contributed by atoms with Gasteiger partial charge in [0.15, 0.2) is 0 Å². The Morgan fingerprint density at radius 1 is 1.55 bits per heavy atom. The maximum absolute atomic E-state index is 10.4. The van der Waals surface area contributed by atoms with Crippen LogP contribution < -0.4 is 0 Å². The number of rotatable bonds is 5. The largest absolute Gasteiger partial charge is 0.481 e. The topological polar surface area (TPSA) is 77.8 Å². The van der Waals surface area contributed by atoms with Gasteiger partial charge in [-0.05, 0) is 12.8 Å². The van der Waals surface area contributed by atoms with Gasteiger partial charge >= 0.3 is 5.97 Å². The minimum atomic E-state index is -1.01. The van der Waals surface area contributed by atoms with Gasteiger partial charge in [-0.15, -0.1) is 0 Å². The van der Waals surface area contributed by atoms with E-state index in [1.807, 2.05) is 0 Å². The lowest BCUT2D eigenvalue weighted by Crippen LogP contribution is -2.28. The zero-order valence-corrected chi connectivity index (χ0v) is 6.53. The van der Waals surface area contributed by atoms with Crippen molar-refractivity contribution in [3.8, 4) is 0 Å². The van der Waals surface area contributed by atoms with Gasteiger partial charge in [0.2, 0.25) is 0 Å². The van der Waals surface area contributed by atoms with Crippen molar-refractivity contribution in [1.82, 2.24) is 0 Å². The van der Waals surface area contributed by atoms with Gasteiger partial charge in [-0.1, -0.05) is 6.92 Å². The molecule has 0 saturated heterocycles. The highest BCUT2D eigenvalue weighted by Gasteiger charge is 2.23. The van der Waals surface area contributed by atoms with Gasteiger partial charge in [-0.2, -0.15) is 0 Å². The average Bonchev–Trinajstić information content (AvgIpc) is 1.88. The summed E-state index contributed by atoms with van der Waals surface area (Å²) >= 11 is 0. The molecule has 0 aliphatic carbocycles. The summed E-state index contributed by atoms with van der Waals surface area (Å²) in [6.45, 7) is 1.52. The molecule has 0 aliphatic rings. The number of carboxylic acid groups (broad SMARTS) is 1. The predicted octanol–water partition coefficient (Wildman–Crippen LogP) is -0.160. The van der Waals surface area contributed by atoms with Gasteiger partial charge in [0.25, 0.3) is 0 Å². The van der Waals surface area contributed by atoms with Gasteiger partial charge in [0.05, 0.1) is 12.0 Å². The maximum Gasteiger partial charge on any atom is 0.309 e. The molecule has 66 valence electrons. The van der Waals surface area contributed by atoms with Crippen molar-refractivity contribution in [2.75, 3.05) is 6.61 Å². The summed E-state index contributed by atoms with van der Waals surface area (Å²) in [4.78, 5) is 10.4. The van der Waals surface area contributed by atoms with Crippen LogP contribution in [-0.4, -0.2) is 34.0 Å². The molecular weight excluding hydrogens is 148 g/mol. The Hall–Kier alpha value is -0.610. The second kappa shape index (κ2) is 5.09. The van der Waals surface area contributed by atoms with Crippen molar-refractivity contribution in [3.05, 3.63) is 0 Å². The standard InChI is InChI=1S/C7H14O4/c1-2-5(7(10)11)6(9)3-4-8/h5-6,8-9H,2-4H2,1H3,(H,10,11). The third-order valence-corrected chi connectivity index (χ3v) is 1.65. The first kappa shape index (κ1) is 10.4. The highest BCUT2D eigenvalue weighted by atomic mass is 16.4. The lowest BCUT2D eigenvalue weighted by Gasteiger charge is -2.15. The first-order valence-corrected chi connectivity index (χ1v) is 3.65. The summed E-state index contributed by atoms with van der Waals surface area (Å²) in [6, 6.07) is 0. The molecule has 0 aliphatic heterocycles. The number of hydrogen-bond acceptors (Lipinski definition) is 3. The maximum atomic E-state index is 10.4. The Balaban J connectivity index is 3.91. The average molecular weight is 162 g/mol. The molecule has 11 heavy (non-hydrogen) atoms. The number of aliphatic carboxylic acids is 1. The van der Waals surface area contributed by atoms with Gasteiger partial charge in [-0.25, -0.2) is 0 Å². The predicted molar refractivity (Wildman–Crippen MR) is 39.1 cm³/mol. The van der Waals surface area contributed by atoms with Crippen LogP contribution in [0.2, 0.25) is 0 Å². The van der Waals surface area contributed by atoms with Crippen LogP contribution in [-0.2, 0) is 4.79 Å².